The number of nitrogen functional groups attached to an aromatic ring is 1. The molecular weight excluding hydrogens is 197 g/mol. The standard InChI is InChI=1S/C11H16FNS/c1-8(2)3-4-14-11-6-9(12)5-10(13)7-11/h5-8H,3-4,13H2,1-2H3. The molecular formula is C11H16FNS. The van der Waals surface area contributed by atoms with Gasteiger partial charge < -0.3 is 5.73 Å². The van der Waals surface area contributed by atoms with Crippen LogP contribution in [0, 0.1) is 11.7 Å². The second-order valence-electron chi connectivity index (χ2n) is 3.75. The first-order valence-corrected chi connectivity index (χ1v) is 5.75. The van der Waals surface area contributed by atoms with Gasteiger partial charge in [0.15, 0.2) is 0 Å². The topological polar surface area (TPSA) is 26.0 Å². The normalized spacial score (nSPS) is 10.9. The van der Waals surface area contributed by atoms with Crippen molar-refractivity contribution >= 4 is 17.4 Å². The lowest BCUT2D eigenvalue weighted by atomic mass is 10.2. The monoisotopic (exact) mass is 213 g/mol. The van der Waals surface area contributed by atoms with Crippen LogP contribution >= 0.6 is 11.8 Å². The third-order valence-electron chi connectivity index (χ3n) is 1.86. The summed E-state index contributed by atoms with van der Waals surface area (Å²) in [6, 6.07) is 4.68. The molecule has 0 spiro atoms. The number of halogens is 1. The minimum absolute atomic E-state index is 0.253. The highest BCUT2D eigenvalue weighted by Gasteiger charge is 2.00. The molecule has 1 aromatic carbocycles. The number of benzene rings is 1. The van der Waals surface area contributed by atoms with Gasteiger partial charge in [0.05, 0.1) is 0 Å². The fourth-order valence-corrected chi connectivity index (χ4v) is 2.32. The number of anilines is 1. The van der Waals surface area contributed by atoms with Gasteiger partial charge in [0.2, 0.25) is 0 Å². The van der Waals surface area contributed by atoms with Gasteiger partial charge in [-0.2, -0.15) is 0 Å². The van der Waals surface area contributed by atoms with Crippen molar-refractivity contribution in [2.75, 3.05) is 11.5 Å². The van der Waals surface area contributed by atoms with Crippen LogP contribution in [-0.2, 0) is 0 Å². The highest BCUT2D eigenvalue weighted by molar-refractivity contribution is 7.99. The number of rotatable bonds is 4. The van der Waals surface area contributed by atoms with Gasteiger partial charge in [-0.15, -0.1) is 11.8 Å². The molecule has 0 amide bonds. The van der Waals surface area contributed by atoms with Gasteiger partial charge in [-0.3, -0.25) is 0 Å². The van der Waals surface area contributed by atoms with Crippen molar-refractivity contribution in [1.29, 1.82) is 0 Å². The summed E-state index contributed by atoms with van der Waals surface area (Å²) in [4.78, 5) is 0.920. The van der Waals surface area contributed by atoms with Crippen molar-refractivity contribution in [3.05, 3.63) is 24.0 Å². The molecule has 0 unspecified atom stereocenters. The molecule has 0 fully saturated rings. The summed E-state index contributed by atoms with van der Waals surface area (Å²) in [6.45, 7) is 4.36. The molecule has 14 heavy (non-hydrogen) atoms. The Morgan fingerprint density at radius 1 is 1.36 bits per heavy atom. The largest absolute Gasteiger partial charge is 0.399 e. The van der Waals surface area contributed by atoms with Gasteiger partial charge in [-0.25, -0.2) is 4.39 Å². The Hall–Kier alpha value is -0.700. The molecule has 0 aliphatic rings. The van der Waals surface area contributed by atoms with Crippen LogP contribution in [0.4, 0.5) is 10.1 Å². The zero-order valence-corrected chi connectivity index (χ0v) is 9.40. The molecule has 0 aliphatic heterocycles. The quantitative estimate of drug-likeness (QED) is 0.611. The van der Waals surface area contributed by atoms with Gasteiger partial charge in [0.25, 0.3) is 0 Å². The van der Waals surface area contributed by atoms with Gasteiger partial charge in [0, 0.05) is 10.6 Å². The molecule has 0 atom stereocenters. The lowest BCUT2D eigenvalue weighted by Gasteiger charge is -2.05. The zero-order chi connectivity index (χ0) is 10.6. The van der Waals surface area contributed by atoms with Crippen molar-refractivity contribution in [3.63, 3.8) is 0 Å². The van der Waals surface area contributed by atoms with Crippen LogP contribution in [0.5, 0.6) is 0 Å². The van der Waals surface area contributed by atoms with E-state index >= 15 is 0 Å². The molecule has 2 N–H and O–H groups in total. The Labute approximate surface area is 88.9 Å². The van der Waals surface area contributed by atoms with E-state index in [0.29, 0.717) is 11.6 Å². The van der Waals surface area contributed by atoms with Crippen LogP contribution in [0.2, 0.25) is 0 Å². The molecule has 0 aromatic heterocycles. The van der Waals surface area contributed by atoms with Crippen LogP contribution in [0.3, 0.4) is 0 Å². The predicted octanol–water partition coefficient (Wildman–Crippen LogP) is 3.55. The van der Waals surface area contributed by atoms with Crippen molar-refractivity contribution in [3.8, 4) is 0 Å². The summed E-state index contributed by atoms with van der Waals surface area (Å²) < 4.78 is 12.9. The highest BCUT2D eigenvalue weighted by atomic mass is 32.2. The number of hydrogen-bond acceptors (Lipinski definition) is 2. The molecule has 0 radical (unpaired) electrons. The molecule has 3 heteroatoms. The second kappa shape index (κ2) is 5.25. The Bertz CT molecular complexity index is 279. The van der Waals surface area contributed by atoms with E-state index in [1.54, 1.807) is 11.8 Å². The summed E-state index contributed by atoms with van der Waals surface area (Å²) in [5.41, 5.74) is 6.03. The SMILES string of the molecule is CC(C)CCSc1cc(N)cc(F)c1. The maximum absolute atomic E-state index is 12.9. The first-order valence-electron chi connectivity index (χ1n) is 4.77. The van der Waals surface area contributed by atoms with Crippen molar-refractivity contribution < 1.29 is 4.39 Å². The smallest absolute Gasteiger partial charge is 0.126 e. The van der Waals surface area contributed by atoms with Crippen molar-refractivity contribution in [2.45, 2.75) is 25.2 Å². The van der Waals surface area contributed by atoms with E-state index < -0.39 is 0 Å². The van der Waals surface area contributed by atoms with Crippen LogP contribution in [-0.4, -0.2) is 5.75 Å². The maximum atomic E-state index is 12.9. The van der Waals surface area contributed by atoms with E-state index in [2.05, 4.69) is 13.8 Å². The van der Waals surface area contributed by atoms with Gasteiger partial charge in [-0.1, -0.05) is 13.8 Å². The van der Waals surface area contributed by atoms with E-state index in [9.17, 15) is 4.39 Å². The molecule has 0 heterocycles. The first kappa shape index (κ1) is 11.4. The minimum atomic E-state index is -0.253. The predicted molar refractivity (Wildman–Crippen MR) is 61.0 cm³/mol. The first-order chi connectivity index (χ1) is 6.58. The Kier molecular flexibility index (Phi) is 4.26. The molecule has 1 nitrogen and oxygen atoms in total. The highest BCUT2D eigenvalue weighted by Crippen LogP contribution is 2.23. The lowest BCUT2D eigenvalue weighted by Crippen LogP contribution is -1.91. The maximum Gasteiger partial charge on any atom is 0.126 e. The van der Waals surface area contributed by atoms with Crippen molar-refractivity contribution in [1.82, 2.24) is 0 Å². The molecule has 0 saturated heterocycles. The van der Waals surface area contributed by atoms with E-state index in [4.69, 9.17) is 5.73 Å². The fraction of sp³-hybridized carbons (Fsp3) is 0.455. The summed E-state index contributed by atoms with van der Waals surface area (Å²) in [5.74, 6) is 1.45. The van der Waals surface area contributed by atoms with Crippen LogP contribution in [0.1, 0.15) is 20.3 Å². The third-order valence-corrected chi connectivity index (χ3v) is 2.87. The molecule has 1 rings (SSSR count). The average molecular weight is 213 g/mol. The molecule has 1 aromatic rings. The molecule has 0 aliphatic carbocycles. The summed E-state index contributed by atoms with van der Waals surface area (Å²) in [7, 11) is 0. The average Bonchev–Trinajstić information content (AvgIpc) is 2.01. The molecule has 0 bridgehead atoms. The Morgan fingerprint density at radius 2 is 2.07 bits per heavy atom. The summed E-state index contributed by atoms with van der Waals surface area (Å²) in [5, 5.41) is 0. The summed E-state index contributed by atoms with van der Waals surface area (Å²) in [6.07, 6.45) is 1.14. The summed E-state index contributed by atoms with van der Waals surface area (Å²) >= 11 is 1.66. The Balaban J connectivity index is 2.50. The third kappa shape index (κ3) is 4.01. The van der Waals surface area contributed by atoms with E-state index in [1.165, 1.54) is 12.1 Å². The second-order valence-corrected chi connectivity index (χ2v) is 4.92. The Morgan fingerprint density at radius 3 is 2.64 bits per heavy atom. The number of hydrogen-bond donors (Lipinski definition) is 1. The minimum Gasteiger partial charge on any atom is -0.399 e. The van der Waals surface area contributed by atoms with Gasteiger partial charge in [0.1, 0.15) is 5.82 Å². The van der Waals surface area contributed by atoms with Crippen LogP contribution < -0.4 is 5.73 Å². The fourth-order valence-electron chi connectivity index (χ4n) is 1.08. The van der Waals surface area contributed by atoms with E-state index in [1.807, 2.05) is 6.07 Å². The number of nitrogens with two attached hydrogens (primary N) is 1. The zero-order valence-electron chi connectivity index (χ0n) is 8.59. The lowest BCUT2D eigenvalue weighted by molar-refractivity contribution is 0.624. The van der Waals surface area contributed by atoms with Crippen molar-refractivity contribution in [2.24, 2.45) is 5.92 Å². The van der Waals surface area contributed by atoms with Gasteiger partial charge in [-0.05, 0) is 36.3 Å². The van der Waals surface area contributed by atoms with E-state index in [0.717, 1.165) is 17.1 Å². The number of thioether (sulfide) groups is 1. The van der Waals surface area contributed by atoms with Gasteiger partial charge >= 0.3 is 0 Å². The van der Waals surface area contributed by atoms with Crippen LogP contribution in [0.25, 0.3) is 0 Å². The molecule has 78 valence electrons. The van der Waals surface area contributed by atoms with E-state index in [-0.39, 0.29) is 5.82 Å². The molecule has 0 saturated carbocycles. The van der Waals surface area contributed by atoms with Crippen LogP contribution in [0.15, 0.2) is 23.1 Å².